The zero-order chi connectivity index (χ0) is 31.1. The first-order chi connectivity index (χ1) is 21.2. The van der Waals surface area contributed by atoms with E-state index in [4.69, 9.17) is 21.1 Å². The molecule has 1 unspecified atom stereocenters. The lowest BCUT2D eigenvalue weighted by molar-refractivity contribution is -0.146. The van der Waals surface area contributed by atoms with Crippen LogP contribution in [-0.4, -0.2) is 42.4 Å². The fourth-order valence-corrected chi connectivity index (χ4v) is 6.61. The summed E-state index contributed by atoms with van der Waals surface area (Å²) in [5, 5.41) is 13.3. The first kappa shape index (κ1) is 31.0. The minimum absolute atomic E-state index is 0.0335. The van der Waals surface area contributed by atoms with Gasteiger partial charge in [-0.1, -0.05) is 41.9 Å². The van der Waals surface area contributed by atoms with Crippen molar-refractivity contribution in [3.63, 3.8) is 0 Å². The normalized spacial score (nSPS) is 12.0. The van der Waals surface area contributed by atoms with Gasteiger partial charge in [0.15, 0.2) is 9.84 Å². The van der Waals surface area contributed by atoms with Gasteiger partial charge in [0.05, 0.1) is 20.9 Å². The van der Waals surface area contributed by atoms with Gasteiger partial charge in [-0.2, -0.15) is 0 Å². The molecule has 12 heteroatoms. The number of rotatable bonds is 13. The van der Waals surface area contributed by atoms with Crippen LogP contribution in [0, 0.1) is 0 Å². The molecule has 44 heavy (non-hydrogen) atoms. The van der Waals surface area contributed by atoms with E-state index in [2.05, 4.69) is 10.3 Å². The van der Waals surface area contributed by atoms with Crippen LogP contribution in [0.15, 0.2) is 102 Å². The van der Waals surface area contributed by atoms with E-state index in [1.807, 2.05) is 24.3 Å². The number of aliphatic carboxylic acids is 1. The molecule has 0 aliphatic rings. The van der Waals surface area contributed by atoms with Gasteiger partial charge in [0.1, 0.15) is 23.1 Å². The Labute approximate surface area is 263 Å². The van der Waals surface area contributed by atoms with Crippen molar-refractivity contribution >= 4 is 54.9 Å². The third-order valence-corrected chi connectivity index (χ3v) is 9.59. The van der Waals surface area contributed by atoms with Crippen LogP contribution in [0.2, 0.25) is 5.02 Å². The van der Waals surface area contributed by atoms with Gasteiger partial charge in [0.25, 0.3) is 12.1 Å². The highest BCUT2D eigenvalue weighted by atomic mass is 35.5. The largest absolute Gasteiger partial charge is 0.486 e. The summed E-state index contributed by atoms with van der Waals surface area (Å²) >= 11 is 7.36. The number of carbonyl (C=O) groups is 2. The molecule has 2 N–H and O–H groups in total. The summed E-state index contributed by atoms with van der Waals surface area (Å²) in [5.41, 5.74) is 1.94. The molecule has 5 rings (SSSR count). The molecule has 1 atom stereocenters. The van der Waals surface area contributed by atoms with Crippen molar-refractivity contribution in [2.45, 2.75) is 30.6 Å². The second kappa shape index (κ2) is 13.9. The Kier molecular flexibility index (Phi) is 9.78. The quantitative estimate of drug-likeness (QED) is 0.145. The van der Waals surface area contributed by atoms with Crippen LogP contribution in [0.25, 0.3) is 10.2 Å². The van der Waals surface area contributed by atoms with Crippen LogP contribution >= 0.6 is 22.9 Å². The van der Waals surface area contributed by atoms with Gasteiger partial charge in [-0.15, -0.1) is 11.3 Å². The smallest absolute Gasteiger partial charge is 0.366 e. The van der Waals surface area contributed by atoms with Crippen molar-refractivity contribution in [1.82, 2.24) is 10.3 Å². The van der Waals surface area contributed by atoms with E-state index in [-0.39, 0.29) is 28.6 Å². The second-order valence-corrected chi connectivity index (χ2v) is 13.4. The van der Waals surface area contributed by atoms with E-state index >= 15 is 0 Å². The lowest BCUT2D eigenvalue weighted by Gasteiger charge is -2.17. The van der Waals surface area contributed by atoms with Gasteiger partial charge in [-0.3, -0.25) is 4.79 Å². The number of amides is 1. The number of para-hydroxylation sites is 1. The van der Waals surface area contributed by atoms with Gasteiger partial charge in [0, 0.05) is 10.6 Å². The van der Waals surface area contributed by atoms with Gasteiger partial charge in [-0.25, -0.2) is 18.2 Å². The highest BCUT2D eigenvalue weighted by molar-refractivity contribution is 7.91. The number of aryl methyl sites for hydroxylation is 1. The first-order valence-electron chi connectivity index (χ1n) is 13.5. The van der Waals surface area contributed by atoms with E-state index in [0.717, 1.165) is 20.8 Å². The fourth-order valence-electron chi connectivity index (χ4n) is 4.29. The Morgan fingerprint density at radius 1 is 0.932 bits per heavy atom. The lowest BCUT2D eigenvalue weighted by Crippen LogP contribution is -2.44. The predicted octanol–water partition coefficient (Wildman–Crippen LogP) is 6.15. The van der Waals surface area contributed by atoms with E-state index in [0.29, 0.717) is 23.6 Å². The number of hydrogen-bond donors (Lipinski definition) is 2. The highest BCUT2D eigenvalue weighted by Gasteiger charge is 2.23. The number of carbonyl (C=O) groups excluding carboxylic acids is 1. The number of ether oxygens (including phenoxy) is 2. The van der Waals surface area contributed by atoms with Gasteiger partial charge >= 0.3 is 5.97 Å². The monoisotopic (exact) mass is 650 g/mol. The molecule has 0 radical (unpaired) electrons. The number of hydrogen-bond acceptors (Lipinski definition) is 8. The molecular formula is C32H27ClN2O7S2. The average Bonchev–Trinajstić information content (AvgIpc) is 3.44. The zero-order valence-electron chi connectivity index (χ0n) is 23.2. The summed E-state index contributed by atoms with van der Waals surface area (Å²) in [6, 6.07) is 26.8. The summed E-state index contributed by atoms with van der Waals surface area (Å²) in [5.74, 6) is -1.40. The standard InChI is InChI=1S/C32H27ClN2O7S2/c33-23-12-16-26(17-13-23)44(39,40)18-4-5-21-10-14-24(15-11-21)42-31(32(37)38)35-30(36)22-6-3-7-25(19-22)41-20-29-34-27-8-1-2-9-28(27)43-29/h1-3,6-17,19,31H,4-5,18,20H2,(H,35,36)(H,37,38). The number of nitrogens with zero attached hydrogens (tertiary/aromatic N) is 1. The van der Waals surface area contributed by atoms with Crippen LogP contribution < -0.4 is 14.8 Å². The molecule has 0 bridgehead atoms. The zero-order valence-corrected chi connectivity index (χ0v) is 25.6. The summed E-state index contributed by atoms with van der Waals surface area (Å²) in [4.78, 5) is 29.5. The number of nitrogens with one attached hydrogen (secondary N) is 1. The van der Waals surface area contributed by atoms with Crippen molar-refractivity contribution in [1.29, 1.82) is 0 Å². The Morgan fingerprint density at radius 2 is 1.68 bits per heavy atom. The summed E-state index contributed by atoms with van der Waals surface area (Å²) in [7, 11) is -3.44. The first-order valence-corrected chi connectivity index (χ1v) is 16.4. The third-order valence-electron chi connectivity index (χ3n) is 6.51. The van der Waals surface area contributed by atoms with Crippen LogP contribution in [0.3, 0.4) is 0 Å². The molecular weight excluding hydrogens is 624 g/mol. The molecule has 1 amide bonds. The number of fused-ring (bicyclic) bond motifs is 1. The van der Waals surface area contributed by atoms with E-state index in [9.17, 15) is 23.1 Å². The van der Waals surface area contributed by atoms with Crippen LogP contribution in [0.4, 0.5) is 0 Å². The summed E-state index contributed by atoms with van der Waals surface area (Å²) in [6.45, 7) is 0.222. The molecule has 0 fully saturated rings. The molecule has 4 aromatic carbocycles. The Hall–Kier alpha value is -4.45. The van der Waals surface area contributed by atoms with E-state index in [1.165, 1.54) is 41.7 Å². The number of carboxylic acids is 1. The van der Waals surface area contributed by atoms with Crippen molar-refractivity contribution < 1.29 is 32.6 Å². The maximum absolute atomic E-state index is 12.9. The third kappa shape index (κ3) is 8.13. The van der Waals surface area contributed by atoms with Gasteiger partial charge in [-0.05, 0) is 85.1 Å². The Balaban J connectivity index is 1.14. The molecule has 0 aliphatic heterocycles. The van der Waals surface area contributed by atoms with Crippen LogP contribution in [0.5, 0.6) is 11.5 Å². The maximum Gasteiger partial charge on any atom is 0.366 e. The van der Waals surface area contributed by atoms with E-state index < -0.39 is 27.9 Å². The van der Waals surface area contributed by atoms with Gasteiger partial charge in [0.2, 0.25) is 0 Å². The van der Waals surface area contributed by atoms with Gasteiger partial charge < -0.3 is 19.9 Å². The molecule has 1 heterocycles. The molecule has 0 spiro atoms. The number of aromatic nitrogens is 1. The molecule has 0 saturated heterocycles. The van der Waals surface area contributed by atoms with E-state index in [1.54, 1.807) is 42.5 Å². The molecule has 1 aromatic heterocycles. The number of thiazole rings is 1. The fraction of sp³-hybridized carbons (Fsp3) is 0.156. The molecule has 9 nitrogen and oxygen atoms in total. The molecule has 226 valence electrons. The van der Waals surface area contributed by atoms with Crippen LogP contribution in [-0.2, 0) is 27.7 Å². The molecule has 0 saturated carbocycles. The highest BCUT2D eigenvalue weighted by Crippen LogP contribution is 2.24. The number of benzene rings is 4. The SMILES string of the molecule is O=C(NC(Oc1ccc(CCCS(=O)(=O)c2ccc(Cl)cc2)cc1)C(=O)O)c1cccc(OCc2nc3ccccc3s2)c1. The Morgan fingerprint density at radius 3 is 2.41 bits per heavy atom. The van der Waals surface area contributed by atoms with Crippen molar-refractivity contribution in [3.05, 3.63) is 118 Å². The van der Waals surface area contributed by atoms with Crippen molar-refractivity contribution in [2.75, 3.05) is 5.75 Å². The maximum atomic E-state index is 12.9. The second-order valence-electron chi connectivity index (χ2n) is 9.72. The van der Waals surface area contributed by atoms with Crippen molar-refractivity contribution in [2.24, 2.45) is 0 Å². The number of halogens is 1. The molecule has 0 aliphatic carbocycles. The topological polar surface area (TPSA) is 132 Å². The number of sulfone groups is 1. The van der Waals surface area contributed by atoms with Crippen molar-refractivity contribution in [3.8, 4) is 11.5 Å². The molecule has 5 aromatic rings. The minimum atomic E-state index is -3.44. The minimum Gasteiger partial charge on any atom is -0.486 e. The Bertz CT molecular complexity index is 1840. The number of carboxylic acid groups (broad SMARTS) is 1. The summed E-state index contributed by atoms with van der Waals surface area (Å²) in [6.07, 6.45) is -0.767. The van der Waals surface area contributed by atoms with Crippen LogP contribution in [0.1, 0.15) is 27.3 Å². The lowest BCUT2D eigenvalue weighted by atomic mass is 10.1. The summed E-state index contributed by atoms with van der Waals surface area (Å²) < 4.78 is 37.5. The average molecular weight is 651 g/mol. The predicted molar refractivity (Wildman–Crippen MR) is 168 cm³/mol.